The van der Waals surface area contributed by atoms with Crippen LogP contribution < -0.4 is 0 Å². The minimum absolute atomic E-state index is 0.0765. The summed E-state index contributed by atoms with van der Waals surface area (Å²) in [6.07, 6.45) is 1.25. The van der Waals surface area contributed by atoms with Crippen LogP contribution in [-0.2, 0) is 4.12 Å². The van der Waals surface area contributed by atoms with Gasteiger partial charge < -0.3 is 4.12 Å². The molecule has 0 aromatic rings. The van der Waals surface area contributed by atoms with Gasteiger partial charge in [-0.2, -0.15) is 12.6 Å². The first-order chi connectivity index (χ1) is 3.41. The second-order valence-electron chi connectivity index (χ2n) is 1.42. The zero-order valence-corrected chi connectivity index (χ0v) is 8.99. The van der Waals surface area contributed by atoms with Crippen LogP contribution in [0.5, 0.6) is 0 Å². The van der Waals surface area contributed by atoms with Crippen molar-refractivity contribution in [1.82, 2.24) is 0 Å². The highest BCUT2D eigenvalue weighted by molar-refractivity contribution is 7.80. The number of thiol groups is 1. The average Bonchev–Trinajstić information content (AvgIpc) is 1.69. The van der Waals surface area contributed by atoms with Crippen LogP contribution in [0.15, 0.2) is 0 Å². The van der Waals surface area contributed by atoms with E-state index in [0.29, 0.717) is 0 Å². The molecule has 7 heavy (non-hydrogen) atoms. The van der Waals surface area contributed by atoms with E-state index in [9.17, 15) is 0 Å². The largest absolute Gasteiger partial charge is 0.468 e. The molecule has 0 aliphatic rings. The lowest BCUT2D eigenvalue weighted by atomic mass is 10.6. The molecule has 0 rings (SSSR count). The predicted octanol–water partition coefficient (Wildman–Crippen LogP) is -0.895. The molecule has 0 aliphatic carbocycles. The summed E-state index contributed by atoms with van der Waals surface area (Å²) in [4.78, 5) is 0. The Balaban J connectivity index is 2.45. The van der Waals surface area contributed by atoms with Gasteiger partial charge in [-0.1, -0.05) is 0 Å². The van der Waals surface area contributed by atoms with Crippen molar-refractivity contribution in [3.05, 3.63) is 0 Å². The van der Waals surface area contributed by atoms with Gasteiger partial charge in [0.05, 0.1) is 0 Å². The third-order valence-corrected chi connectivity index (χ3v) is 3.49. The van der Waals surface area contributed by atoms with Crippen LogP contribution in [0.1, 0.15) is 6.42 Å². The molecule has 44 valence electrons. The lowest BCUT2D eigenvalue weighted by molar-refractivity contribution is 0.658. The van der Waals surface area contributed by atoms with Crippen LogP contribution >= 0.6 is 12.6 Å². The monoisotopic (exact) mass is 152 g/mol. The van der Waals surface area contributed by atoms with Crippen LogP contribution in [0.3, 0.4) is 0 Å². The fraction of sp³-hybridized carbons (Fsp3) is 1.00. The first-order valence-corrected chi connectivity index (χ1v) is 5.54. The highest BCUT2D eigenvalue weighted by Gasteiger charge is 1.81. The highest BCUT2D eigenvalue weighted by Crippen LogP contribution is 1.89. The number of hydrogen-bond donors (Lipinski definition) is 1. The van der Waals surface area contributed by atoms with Crippen molar-refractivity contribution in [2.75, 3.05) is 5.75 Å². The Bertz CT molecular complexity index is 32.1. The molecule has 0 atom stereocenters. The average molecular weight is 152 g/mol. The highest BCUT2D eigenvalue weighted by atomic mass is 32.1. The molecule has 0 radical (unpaired) electrons. The van der Waals surface area contributed by atoms with Gasteiger partial charge in [0.2, 0.25) is 0 Å². The SMILES string of the molecule is [SiH3]O[SiH2]CCCS. The molecule has 0 fully saturated rings. The van der Waals surface area contributed by atoms with Gasteiger partial charge in [-0.25, -0.2) is 0 Å². The molecule has 0 aromatic heterocycles. The molecule has 0 N–H and O–H groups in total. The van der Waals surface area contributed by atoms with Crippen molar-refractivity contribution in [2.45, 2.75) is 12.5 Å². The van der Waals surface area contributed by atoms with Crippen molar-refractivity contribution < 1.29 is 4.12 Å². The summed E-state index contributed by atoms with van der Waals surface area (Å²) >= 11 is 4.07. The van der Waals surface area contributed by atoms with Crippen molar-refractivity contribution in [3.63, 3.8) is 0 Å². The van der Waals surface area contributed by atoms with E-state index in [2.05, 4.69) is 12.6 Å². The van der Waals surface area contributed by atoms with Crippen molar-refractivity contribution >= 4 is 32.9 Å². The van der Waals surface area contributed by atoms with E-state index >= 15 is 0 Å². The molecule has 4 heteroatoms. The summed E-state index contributed by atoms with van der Waals surface area (Å²) in [5.41, 5.74) is 0. The van der Waals surface area contributed by atoms with E-state index in [1.807, 2.05) is 0 Å². The summed E-state index contributed by atoms with van der Waals surface area (Å²) in [7, 11) is 0.866. The van der Waals surface area contributed by atoms with E-state index in [-0.39, 0.29) is 9.76 Å². The summed E-state index contributed by atoms with van der Waals surface area (Å²) in [5.74, 6) is 1.03. The Morgan fingerprint density at radius 2 is 2.43 bits per heavy atom. The van der Waals surface area contributed by atoms with Gasteiger partial charge in [-0.05, 0) is 18.2 Å². The lowest BCUT2D eigenvalue weighted by Gasteiger charge is -1.91. The van der Waals surface area contributed by atoms with E-state index < -0.39 is 0 Å². The van der Waals surface area contributed by atoms with Crippen LogP contribution in [-0.4, -0.2) is 26.0 Å². The molecule has 0 heterocycles. The molecule has 1 nitrogen and oxygen atoms in total. The number of rotatable bonds is 4. The fourth-order valence-electron chi connectivity index (χ4n) is 0.358. The van der Waals surface area contributed by atoms with Gasteiger partial charge in [0.15, 0.2) is 0 Å². The maximum absolute atomic E-state index is 5.09. The smallest absolute Gasteiger partial charge is 0.145 e. The third kappa shape index (κ3) is 6.74. The van der Waals surface area contributed by atoms with E-state index in [1.54, 1.807) is 0 Å². The van der Waals surface area contributed by atoms with E-state index in [0.717, 1.165) is 16.2 Å². The molecule has 0 aliphatic heterocycles. The standard InChI is InChI=1S/C3H12OSSi2/c5-2-1-3-7-4-6/h5H,1-3,7H2,6H3. The molecular weight excluding hydrogens is 140 g/mol. The quantitative estimate of drug-likeness (QED) is 0.312. The minimum atomic E-state index is -0.0765. The van der Waals surface area contributed by atoms with Gasteiger partial charge >= 0.3 is 0 Å². The Labute approximate surface area is 55.7 Å². The first kappa shape index (κ1) is 7.74. The van der Waals surface area contributed by atoms with Crippen molar-refractivity contribution in [1.29, 1.82) is 0 Å². The molecule has 0 amide bonds. The predicted molar refractivity (Wildman–Crippen MR) is 42.8 cm³/mol. The van der Waals surface area contributed by atoms with Gasteiger partial charge in [0, 0.05) is 0 Å². The maximum atomic E-state index is 5.09. The Morgan fingerprint density at radius 3 is 2.86 bits per heavy atom. The van der Waals surface area contributed by atoms with Crippen LogP contribution in [0.25, 0.3) is 0 Å². The Hall–Kier alpha value is 0.744. The first-order valence-electron chi connectivity index (χ1n) is 2.51. The van der Waals surface area contributed by atoms with Gasteiger partial charge in [0.1, 0.15) is 20.2 Å². The van der Waals surface area contributed by atoms with Gasteiger partial charge in [0.25, 0.3) is 0 Å². The zero-order valence-electron chi connectivity index (χ0n) is 4.68. The molecule has 0 bridgehead atoms. The fourth-order valence-corrected chi connectivity index (χ4v) is 2.61. The van der Waals surface area contributed by atoms with Crippen LogP contribution in [0.2, 0.25) is 6.04 Å². The van der Waals surface area contributed by atoms with Crippen molar-refractivity contribution in [3.8, 4) is 0 Å². The second kappa shape index (κ2) is 6.74. The molecular formula is C3H12OSSi2. The second-order valence-corrected chi connectivity index (χ2v) is 5.30. The van der Waals surface area contributed by atoms with Crippen molar-refractivity contribution in [2.24, 2.45) is 0 Å². The Kier molecular flexibility index (Phi) is 7.46. The summed E-state index contributed by atoms with van der Waals surface area (Å²) in [5, 5.41) is 0. The van der Waals surface area contributed by atoms with E-state index in [1.165, 1.54) is 12.5 Å². The summed E-state index contributed by atoms with van der Waals surface area (Å²) in [6.45, 7) is 0. The zero-order chi connectivity index (χ0) is 5.54. The molecule has 0 spiro atoms. The minimum Gasteiger partial charge on any atom is -0.468 e. The number of hydrogen-bond acceptors (Lipinski definition) is 2. The lowest BCUT2D eigenvalue weighted by Crippen LogP contribution is -1.93. The van der Waals surface area contributed by atoms with E-state index in [4.69, 9.17) is 4.12 Å². The summed E-state index contributed by atoms with van der Waals surface area (Å²) < 4.78 is 5.09. The van der Waals surface area contributed by atoms with Gasteiger partial charge in [-0.3, -0.25) is 0 Å². The third-order valence-electron chi connectivity index (χ3n) is 0.757. The van der Waals surface area contributed by atoms with Crippen LogP contribution in [0.4, 0.5) is 0 Å². The molecule has 0 unspecified atom stereocenters. The molecule has 0 aromatic carbocycles. The maximum Gasteiger partial charge on any atom is 0.145 e. The Morgan fingerprint density at radius 1 is 1.71 bits per heavy atom. The van der Waals surface area contributed by atoms with Gasteiger partial charge in [-0.15, -0.1) is 0 Å². The topological polar surface area (TPSA) is 9.23 Å². The normalized spacial score (nSPS) is 11.6. The summed E-state index contributed by atoms with van der Waals surface area (Å²) in [6, 6.07) is 1.31. The molecule has 0 saturated heterocycles. The molecule has 0 saturated carbocycles. The van der Waals surface area contributed by atoms with Crippen LogP contribution in [0, 0.1) is 0 Å².